The highest BCUT2D eigenvalue weighted by atomic mass is 35.5. The van der Waals surface area contributed by atoms with Crippen LogP contribution >= 0.6 is 11.6 Å². The average Bonchev–Trinajstić information content (AvgIpc) is 2.56. The van der Waals surface area contributed by atoms with Gasteiger partial charge >= 0.3 is 0 Å². The van der Waals surface area contributed by atoms with E-state index in [0.717, 1.165) is 43.4 Å². The maximum absolute atomic E-state index is 14.5. The summed E-state index contributed by atoms with van der Waals surface area (Å²) in [6.45, 7) is 7.50. The Morgan fingerprint density at radius 1 is 1.25 bits per heavy atom. The zero-order chi connectivity index (χ0) is 16.8. The smallest absolute Gasteiger partial charge is 0.176 e. The van der Waals surface area contributed by atoms with Crippen LogP contribution < -0.4 is 10.2 Å². The van der Waals surface area contributed by atoms with Gasteiger partial charge in [0.15, 0.2) is 17.5 Å². The van der Waals surface area contributed by atoms with E-state index in [1.54, 1.807) is 6.07 Å². The fourth-order valence-electron chi connectivity index (χ4n) is 3.16. The number of anilines is 1. The Balaban J connectivity index is 1.89. The van der Waals surface area contributed by atoms with Crippen molar-refractivity contribution in [3.8, 4) is 0 Å². The molecule has 3 aliphatic heterocycles. The monoisotopic (exact) mass is 347 g/mol. The highest BCUT2D eigenvalue weighted by Crippen LogP contribution is 2.40. The van der Waals surface area contributed by atoms with Crippen molar-refractivity contribution in [2.75, 3.05) is 31.1 Å². The molecule has 0 saturated carbocycles. The lowest BCUT2D eigenvalue weighted by Crippen LogP contribution is -2.53. The van der Waals surface area contributed by atoms with Crippen molar-refractivity contribution in [2.45, 2.75) is 19.9 Å². The molecule has 0 radical (unpaired) electrons. The largest absolute Gasteiger partial charge is 0.351 e. The molecule has 24 heavy (non-hydrogen) atoms. The van der Waals surface area contributed by atoms with E-state index in [9.17, 15) is 4.39 Å². The predicted molar refractivity (Wildman–Crippen MR) is 96.1 cm³/mol. The molecule has 3 aliphatic rings. The number of aliphatic imine (C=N–C) groups is 2. The quantitative estimate of drug-likeness (QED) is 0.784. The second kappa shape index (κ2) is 5.86. The van der Waals surface area contributed by atoms with Gasteiger partial charge in [-0.2, -0.15) is 0 Å². The molecule has 0 bridgehead atoms. The first kappa shape index (κ1) is 15.6. The number of halogens is 2. The molecule has 5 nitrogen and oxygen atoms in total. The molecule has 1 saturated heterocycles. The second-order valence-corrected chi connectivity index (χ2v) is 6.74. The van der Waals surface area contributed by atoms with Gasteiger partial charge in [0.2, 0.25) is 0 Å². The molecule has 7 heteroatoms. The van der Waals surface area contributed by atoms with E-state index in [1.807, 2.05) is 18.0 Å². The van der Waals surface area contributed by atoms with Crippen LogP contribution in [0.3, 0.4) is 0 Å². The number of fused-ring (bicyclic) bond motifs is 3. The van der Waals surface area contributed by atoms with E-state index in [1.165, 1.54) is 6.07 Å². The molecule has 1 aromatic carbocycles. The summed E-state index contributed by atoms with van der Waals surface area (Å²) in [7, 11) is 0. The fraction of sp³-hybridized carbons (Fsp3) is 0.412. The molecule has 4 rings (SSSR count). The van der Waals surface area contributed by atoms with Crippen LogP contribution in [-0.2, 0) is 0 Å². The van der Waals surface area contributed by atoms with Crippen LogP contribution in [0.15, 0.2) is 33.9 Å². The minimum absolute atomic E-state index is 0.0787. The summed E-state index contributed by atoms with van der Waals surface area (Å²) in [5.74, 6) is 1.10. The third-order valence-corrected chi connectivity index (χ3v) is 4.86. The van der Waals surface area contributed by atoms with Gasteiger partial charge in [0.1, 0.15) is 5.69 Å². The number of rotatable bonds is 0. The molecule has 1 fully saturated rings. The summed E-state index contributed by atoms with van der Waals surface area (Å²) >= 11 is 6.07. The number of nitrogens with one attached hydrogen (secondary N) is 1. The molecule has 1 unspecified atom stereocenters. The van der Waals surface area contributed by atoms with Crippen molar-refractivity contribution in [3.05, 3.63) is 34.7 Å². The van der Waals surface area contributed by atoms with Gasteiger partial charge in [-0.25, -0.2) is 9.38 Å². The molecule has 1 atom stereocenters. The highest BCUT2D eigenvalue weighted by molar-refractivity contribution is 6.48. The average molecular weight is 348 g/mol. The molecule has 0 aromatic heterocycles. The fourth-order valence-corrected chi connectivity index (χ4v) is 3.36. The normalized spacial score (nSPS) is 23.2. The molecule has 0 aliphatic carbocycles. The first-order valence-electron chi connectivity index (χ1n) is 8.13. The molecule has 1 N–H and O–H groups in total. The van der Waals surface area contributed by atoms with E-state index in [0.29, 0.717) is 16.4 Å². The summed E-state index contributed by atoms with van der Waals surface area (Å²) in [5, 5.41) is 3.68. The van der Waals surface area contributed by atoms with Crippen molar-refractivity contribution < 1.29 is 4.39 Å². The Morgan fingerprint density at radius 2 is 2.00 bits per heavy atom. The number of piperazine rings is 1. The Hall–Kier alpha value is -1.92. The van der Waals surface area contributed by atoms with Crippen LogP contribution in [0, 0.1) is 5.82 Å². The molecule has 3 heterocycles. The Morgan fingerprint density at radius 3 is 2.75 bits per heavy atom. The standard InChI is InChI=1S/C17H19ClFN5/c1-10-9-24-14-8-12(18)7-13(19)15(14)22-16(17(24)21-11(10)2)23-5-3-20-4-6-23/h7-9,11,20H,3-6H2,1-2H3. The van der Waals surface area contributed by atoms with E-state index in [-0.39, 0.29) is 6.04 Å². The second-order valence-electron chi connectivity index (χ2n) is 6.30. The molecule has 126 valence electrons. The number of nitrogens with zero attached hydrogens (tertiary/aromatic N) is 4. The van der Waals surface area contributed by atoms with Crippen molar-refractivity contribution in [2.24, 2.45) is 9.98 Å². The SMILES string of the molecule is CC1=CN2C(=NC1C)C(N1CCNCC1)=Nc1c(F)cc(Cl)cc12. The summed E-state index contributed by atoms with van der Waals surface area (Å²) in [4.78, 5) is 13.5. The van der Waals surface area contributed by atoms with Gasteiger partial charge in [-0.05, 0) is 31.6 Å². The first-order chi connectivity index (χ1) is 11.5. The summed E-state index contributed by atoms with van der Waals surface area (Å²) in [6, 6.07) is 3.13. The van der Waals surface area contributed by atoms with Crippen molar-refractivity contribution in [1.29, 1.82) is 0 Å². The Bertz CT molecular complexity index is 779. The van der Waals surface area contributed by atoms with Crippen molar-refractivity contribution in [1.82, 2.24) is 10.2 Å². The molecular weight excluding hydrogens is 329 g/mol. The van der Waals surface area contributed by atoms with E-state index < -0.39 is 5.82 Å². The minimum atomic E-state index is -0.408. The lowest BCUT2D eigenvalue weighted by Gasteiger charge is -2.39. The summed E-state index contributed by atoms with van der Waals surface area (Å²) in [6.07, 6.45) is 2.01. The van der Waals surface area contributed by atoms with Gasteiger partial charge in [0, 0.05) is 37.4 Å². The number of amidine groups is 2. The van der Waals surface area contributed by atoms with Gasteiger partial charge in [-0.3, -0.25) is 9.89 Å². The lowest BCUT2D eigenvalue weighted by atomic mass is 10.1. The van der Waals surface area contributed by atoms with Crippen LogP contribution in [0.2, 0.25) is 5.02 Å². The van der Waals surface area contributed by atoms with Gasteiger partial charge < -0.3 is 10.2 Å². The maximum Gasteiger partial charge on any atom is 0.176 e. The Kier molecular flexibility index (Phi) is 3.81. The molecule has 1 aromatic rings. The summed E-state index contributed by atoms with van der Waals surface area (Å²) in [5.41, 5.74) is 2.08. The topological polar surface area (TPSA) is 43.2 Å². The summed E-state index contributed by atoms with van der Waals surface area (Å²) < 4.78 is 14.5. The highest BCUT2D eigenvalue weighted by Gasteiger charge is 2.34. The maximum atomic E-state index is 14.5. The zero-order valence-electron chi connectivity index (χ0n) is 13.7. The molecule has 0 spiro atoms. The van der Waals surface area contributed by atoms with Crippen LogP contribution in [0.25, 0.3) is 0 Å². The third-order valence-electron chi connectivity index (χ3n) is 4.64. The van der Waals surface area contributed by atoms with Crippen LogP contribution in [0.4, 0.5) is 15.8 Å². The molecule has 0 amide bonds. The lowest BCUT2D eigenvalue weighted by molar-refractivity contribution is 0.360. The van der Waals surface area contributed by atoms with Crippen LogP contribution in [0.1, 0.15) is 13.8 Å². The number of hydrogen-bond acceptors (Lipinski definition) is 5. The third kappa shape index (κ3) is 2.50. The molecular formula is C17H19ClFN5. The Labute approximate surface area is 145 Å². The van der Waals surface area contributed by atoms with Gasteiger partial charge in [0.25, 0.3) is 0 Å². The van der Waals surface area contributed by atoms with E-state index in [2.05, 4.69) is 22.1 Å². The van der Waals surface area contributed by atoms with Crippen molar-refractivity contribution >= 4 is 34.6 Å². The van der Waals surface area contributed by atoms with Crippen LogP contribution in [-0.4, -0.2) is 48.8 Å². The van der Waals surface area contributed by atoms with Gasteiger partial charge in [-0.1, -0.05) is 11.6 Å². The van der Waals surface area contributed by atoms with E-state index >= 15 is 0 Å². The zero-order valence-corrected chi connectivity index (χ0v) is 14.4. The van der Waals surface area contributed by atoms with Gasteiger partial charge in [-0.15, -0.1) is 0 Å². The number of hydrogen-bond donors (Lipinski definition) is 1. The number of benzene rings is 1. The first-order valence-corrected chi connectivity index (χ1v) is 8.51. The van der Waals surface area contributed by atoms with Crippen molar-refractivity contribution in [3.63, 3.8) is 0 Å². The minimum Gasteiger partial charge on any atom is -0.351 e. The predicted octanol–water partition coefficient (Wildman–Crippen LogP) is 2.94. The van der Waals surface area contributed by atoms with Crippen LogP contribution in [0.5, 0.6) is 0 Å². The van der Waals surface area contributed by atoms with Gasteiger partial charge in [0.05, 0.1) is 11.7 Å². The van der Waals surface area contributed by atoms with E-state index in [4.69, 9.17) is 16.6 Å².